The first kappa shape index (κ1) is 21.3. The van der Waals surface area contributed by atoms with Crippen molar-refractivity contribution >= 4 is 28.5 Å². The molecule has 2 aromatic carbocycles. The van der Waals surface area contributed by atoms with Gasteiger partial charge in [-0.05, 0) is 30.3 Å². The summed E-state index contributed by atoms with van der Waals surface area (Å²) < 4.78 is 52.0. The molecule has 2 N–H and O–H groups in total. The van der Waals surface area contributed by atoms with Gasteiger partial charge in [0.25, 0.3) is 0 Å². The van der Waals surface area contributed by atoms with Crippen LogP contribution in [0.4, 0.5) is 30.6 Å². The second-order valence-electron chi connectivity index (χ2n) is 6.82. The van der Waals surface area contributed by atoms with Crippen molar-refractivity contribution in [1.29, 1.82) is 0 Å². The molecule has 4 aromatic rings. The standard InChI is InChI=1S/C22H20F3N5O2/c1-26-21-29-17-12-27-20(28-16-8-7-15(31-2)10-19(16)32-3)11-18(17)30(21)14-6-4-5-13(9-14)22(23,24)25/h4-12H,1-3H3,(H,26,29)(H,27,28). The maximum atomic E-state index is 13.3. The Balaban J connectivity index is 1.80. The molecular weight excluding hydrogens is 423 g/mol. The summed E-state index contributed by atoms with van der Waals surface area (Å²) in [5, 5.41) is 6.11. The Kier molecular flexibility index (Phi) is 5.52. The molecule has 0 atom stereocenters. The van der Waals surface area contributed by atoms with E-state index >= 15 is 0 Å². The predicted octanol–water partition coefficient (Wildman–Crippen LogP) is 5.24. The summed E-state index contributed by atoms with van der Waals surface area (Å²) in [5.74, 6) is 2.04. The lowest BCUT2D eigenvalue weighted by Gasteiger charge is -2.13. The lowest BCUT2D eigenvalue weighted by Crippen LogP contribution is -2.07. The molecule has 0 aliphatic carbocycles. The van der Waals surface area contributed by atoms with E-state index in [0.29, 0.717) is 45.7 Å². The van der Waals surface area contributed by atoms with Crippen molar-refractivity contribution in [2.24, 2.45) is 0 Å². The highest BCUT2D eigenvalue weighted by Gasteiger charge is 2.30. The molecule has 0 saturated heterocycles. The minimum atomic E-state index is -4.45. The van der Waals surface area contributed by atoms with Gasteiger partial charge >= 0.3 is 6.18 Å². The summed E-state index contributed by atoms with van der Waals surface area (Å²) >= 11 is 0. The van der Waals surface area contributed by atoms with E-state index in [1.54, 1.807) is 62.4 Å². The van der Waals surface area contributed by atoms with Crippen molar-refractivity contribution in [1.82, 2.24) is 14.5 Å². The maximum absolute atomic E-state index is 13.3. The fraction of sp³-hybridized carbons (Fsp3) is 0.182. The Labute approximate surface area is 181 Å². The number of hydrogen-bond donors (Lipinski definition) is 2. The summed E-state index contributed by atoms with van der Waals surface area (Å²) in [6.45, 7) is 0. The molecule has 32 heavy (non-hydrogen) atoms. The van der Waals surface area contributed by atoms with Crippen molar-refractivity contribution < 1.29 is 22.6 Å². The SMILES string of the molecule is CNc1nc2cnc(Nc3ccc(OC)cc3OC)cc2n1-c1cccc(C(F)(F)F)c1. The number of pyridine rings is 1. The van der Waals surface area contributed by atoms with Crippen molar-refractivity contribution in [3.05, 3.63) is 60.3 Å². The molecule has 0 spiro atoms. The summed E-state index contributed by atoms with van der Waals surface area (Å²) in [6.07, 6.45) is -2.90. The monoisotopic (exact) mass is 443 g/mol. The summed E-state index contributed by atoms with van der Waals surface area (Å²) in [5.41, 5.74) is 1.34. The second-order valence-corrected chi connectivity index (χ2v) is 6.82. The second kappa shape index (κ2) is 8.29. The number of rotatable bonds is 6. The number of benzene rings is 2. The highest BCUT2D eigenvalue weighted by atomic mass is 19.4. The van der Waals surface area contributed by atoms with Crippen LogP contribution >= 0.6 is 0 Å². The fourth-order valence-electron chi connectivity index (χ4n) is 3.34. The molecule has 0 saturated carbocycles. The molecule has 0 aliphatic rings. The molecule has 2 heterocycles. The van der Waals surface area contributed by atoms with Crippen LogP contribution in [0.1, 0.15) is 5.56 Å². The molecule has 166 valence electrons. The Hall–Kier alpha value is -3.95. The molecule has 10 heteroatoms. The normalized spacial score (nSPS) is 11.4. The van der Waals surface area contributed by atoms with Gasteiger partial charge in [0, 0.05) is 24.9 Å². The number of ether oxygens (including phenoxy) is 2. The van der Waals surface area contributed by atoms with Gasteiger partial charge in [-0.3, -0.25) is 4.57 Å². The average Bonchev–Trinajstić information content (AvgIpc) is 3.16. The first-order chi connectivity index (χ1) is 15.3. The molecule has 0 unspecified atom stereocenters. The van der Waals surface area contributed by atoms with Crippen molar-refractivity contribution in [2.45, 2.75) is 6.18 Å². The Bertz CT molecular complexity index is 1270. The largest absolute Gasteiger partial charge is 0.497 e. The van der Waals surface area contributed by atoms with Crippen LogP contribution in [0.2, 0.25) is 0 Å². The number of hydrogen-bond acceptors (Lipinski definition) is 6. The number of aromatic nitrogens is 3. The quantitative estimate of drug-likeness (QED) is 0.425. The van der Waals surface area contributed by atoms with Crippen molar-refractivity contribution in [3.8, 4) is 17.2 Å². The van der Waals surface area contributed by atoms with Gasteiger partial charge in [-0.1, -0.05) is 6.07 Å². The third kappa shape index (κ3) is 3.98. The molecule has 0 radical (unpaired) electrons. The number of nitrogens with one attached hydrogen (secondary N) is 2. The zero-order valence-corrected chi connectivity index (χ0v) is 17.5. The third-order valence-corrected chi connectivity index (χ3v) is 4.87. The first-order valence-corrected chi connectivity index (χ1v) is 9.57. The Morgan fingerprint density at radius 2 is 1.81 bits per heavy atom. The zero-order chi connectivity index (χ0) is 22.9. The maximum Gasteiger partial charge on any atom is 0.416 e. The number of halogens is 3. The minimum Gasteiger partial charge on any atom is -0.497 e. The van der Waals surface area contributed by atoms with Crippen LogP contribution in [0.3, 0.4) is 0 Å². The van der Waals surface area contributed by atoms with Crippen LogP contribution in [-0.2, 0) is 6.18 Å². The van der Waals surface area contributed by atoms with E-state index in [2.05, 4.69) is 20.6 Å². The molecule has 0 fully saturated rings. The number of anilines is 3. The van der Waals surface area contributed by atoms with Gasteiger partial charge in [0.05, 0.1) is 37.2 Å². The molecular formula is C22H20F3N5O2. The molecule has 0 amide bonds. The highest BCUT2D eigenvalue weighted by molar-refractivity contribution is 5.84. The predicted molar refractivity (Wildman–Crippen MR) is 116 cm³/mol. The van der Waals surface area contributed by atoms with Gasteiger partial charge in [0.2, 0.25) is 5.95 Å². The summed E-state index contributed by atoms with van der Waals surface area (Å²) in [7, 11) is 4.75. The smallest absolute Gasteiger partial charge is 0.416 e. The number of methoxy groups -OCH3 is 2. The zero-order valence-electron chi connectivity index (χ0n) is 17.5. The van der Waals surface area contributed by atoms with Crippen molar-refractivity contribution in [2.75, 3.05) is 31.9 Å². The van der Waals surface area contributed by atoms with E-state index in [0.717, 1.165) is 12.1 Å². The van der Waals surface area contributed by atoms with E-state index in [1.807, 2.05) is 0 Å². The first-order valence-electron chi connectivity index (χ1n) is 9.57. The number of alkyl halides is 3. The Morgan fingerprint density at radius 3 is 2.50 bits per heavy atom. The summed E-state index contributed by atoms with van der Waals surface area (Å²) in [6, 6.07) is 12.1. The van der Waals surface area contributed by atoms with E-state index in [-0.39, 0.29) is 0 Å². The highest BCUT2D eigenvalue weighted by Crippen LogP contribution is 2.34. The Morgan fingerprint density at radius 1 is 1.00 bits per heavy atom. The van der Waals surface area contributed by atoms with E-state index in [4.69, 9.17) is 9.47 Å². The van der Waals surface area contributed by atoms with Gasteiger partial charge in [-0.2, -0.15) is 13.2 Å². The van der Waals surface area contributed by atoms with Gasteiger partial charge in [-0.15, -0.1) is 0 Å². The van der Waals surface area contributed by atoms with Crippen LogP contribution in [-0.4, -0.2) is 35.8 Å². The van der Waals surface area contributed by atoms with Gasteiger partial charge in [0.1, 0.15) is 22.8 Å². The van der Waals surface area contributed by atoms with E-state index in [1.165, 1.54) is 6.07 Å². The number of nitrogens with zero attached hydrogens (tertiary/aromatic N) is 3. The van der Waals surface area contributed by atoms with Gasteiger partial charge < -0.3 is 20.1 Å². The van der Waals surface area contributed by atoms with Crippen molar-refractivity contribution in [3.63, 3.8) is 0 Å². The van der Waals surface area contributed by atoms with Crippen LogP contribution in [0, 0.1) is 0 Å². The molecule has 0 aliphatic heterocycles. The third-order valence-electron chi connectivity index (χ3n) is 4.87. The van der Waals surface area contributed by atoms with Crippen LogP contribution in [0.5, 0.6) is 11.5 Å². The average molecular weight is 443 g/mol. The van der Waals surface area contributed by atoms with Crippen LogP contribution in [0.25, 0.3) is 16.7 Å². The summed E-state index contributed by atoms with van der Waals surface area (Å²) in [4.78, 5) is 8.82. The topological polar surface area (TPSA) is 73.2 Å². The fourth-order valence-corrected chi connectivity index (χ4v) is 3.34. The van der Waals surface area contributed by atoms with Crippen LogP contribution < -0.4 is 20.1 Å². The molecule has 4 rings (SSSR count). The molecule has 0 bridgehead atoms. The minimum absolute atomic E-state index is 0.325. The van der Waals surface area contributed by atoms with E-state index < -0.39 is 11.7 Å². The van der Waals surface area contributed by atoms with E-state index in [9.17, 15) is 13.2 Å². The van der Waals surface area contributed by atoms with Crippen LogP contribution in [0.15, 0.2) is 54.7 Å². The molecule has 7 nitrogen and oxygen atoms in total. The van der Waals surface area contributed by atoms with Gasteiger partial charge in [-0.25, -0.2) is 9.97 Å². The van der Waals surface area contributed by atoms with Gasteiger partial charge in [0.15, 0.2) is 0 Å². The number of fused-ring (bicyclic) bond motifs is 1. The molecule has 2 aromatic heterocycles. The number of imidazole rings is 1. The lowest BCUT2D eigenvalue weighted by molar-refractivity contribution is -0.137. The lowest BCUT2D eigenvalue weighted by atomic mass is 10.2.